The molecule has 1 aromatic rings. The minimum absolute atomic E-state index is 0.120. The van der Waals surface area contributed by atoms with Crippen LogP contribution < -0.4 is 10.6 Å². The first-order chi connectivity index (χ1) is 8.29. The molecule has 0 unspecified atom stereocenters. The zero-order chi connectivity index (χ0) is 12.1. The molecule has 1 aliphatic carbocycles. The number of nitrogens with one attached hydrogen (secondary N) is 2. The standard InChI is InChI=1S/C11H19N5O/c1-2-7-16-10(8-13-15-16)12-6-5-11(17)14-9-3-4-9/h8-9,12H,2-7H2,1H3,(H,14,17). The van der Waals surface area contributed by atoms with Crippen LogP contribution >= 0.6 is 0 Å². The van der Waals surface area contributed by atoms with E-state index in [1.807, 2.05) is 4.68 Å². The molecule has 2 rings (SSSR count). The Morgan fingerprint density at radius 1 is 1.59 bits per heavy atom. The number of hydrogen-bond acceptors (Lipinski definition) is 4. The predicted molar refractivity (Wildman–Crippen MR) is 64.6 cm³/mol. The summed E-state index contributed by atoms with van der Waals surface area (Å²) in [6.07, 6.45) is 5.46. The fraction of sp³-hybridized carbons (Fsp3) is 0.727. The molecule has 1 saturated carbocycles. The predicted octanol–water partition coefficient (Wildman–Crippen LogP) is 0.769. The highest BCUT2D eigenvalue weighted by atomic mass is 16.1. The molecule has 6 nitrogen and oxygen atoms in total. The summed E-state index contributed by atoms with van der Waals surface area (Å²) in [5.74, 6) is 1.00. The molecule has 17 heavy (non-hydrogen) atoms. The number of rotatable bonds is 7. The number of amides is 1. The topological polar surface area (TPSA) is 71.8 Å². The third-order valence-electron chi connectivity index (χ3n) is 2.65. The Kier molecular flexibility index (Phi) is 3.95. The van der Waals surface area contributed by atoms with E-state index in [0.717, 1.165) is 31.6 Å². The molecule has 94 valence electrons. The molecule has 0 bridgehead atoms. The maximum atomic E-state index is 11.4. The molecule has 0 saturated heterocycles. The summed E-state index contributed by atoms with van der Waals surface area (Å²) in [4.78, 5) is 11.4. The molecule has 0 radical (unpaired) electrons. The molecule has 6 heteroatoms. The van der Waals surface area contributed by atoms with Crippen LogP contribution in [0.3, 0.4) is 0 Å². The van der Waals surface area contributed by atoms with Crippen LogP contribution in [0.25, 0.3) is 0 Å². The fourth-order valence-electron chi connectivity index (χ4n) is 1.60. The number of carbonyl (C=O) groups is 1. The molecule has 1 fully saturated rings. The Hall–Kier alpha value is -1.59. The monoisotopic (exact) mass is 237 g/mol. The van der Waals surface area contributed by atoms with Gasteiger partial charge in [-0.2, -0.15) is 0 Å². The summed E-state index contributed by atoms with van der Waals surface area (Å²) in [6, 6.07) is 0.440. The van der Waals surface area contributed by atoms with Crippen molar-refractivity contribution < 1.29 is 4.79 Å². The zero-order valence-electron chi connectivity index (χ0n) is 10.1. The van der Waals surface area contributed by atoms with E-state index in [1.54, 1.807) is 6.20 Å². The lowest BCUT2D eigenvalue weighted by molar-refractivity contribution is -0.120. The van der Waals surface area contributed by atoms with Gasteiger partial charge in [-0.3, -0.25) is 4.79 Å². The summed E-state index contributed by atoms with van der Waals surface area (Å²) in [5, 5.41) is 13.9. The second kappa shape index (κ2) is 5.65. The van der Waals surface area contributed by atoms with Crippen LogP contribution in [0.2, 0.25) is 0 Å². The first-order valence-electron chi connectivity index (χ1n) is 6.21. The highest BCUT2D eigenvalue weighted by Gasteiger charge is 2.22. The van der Waals surface area contributed by atoms with E-state index in [2.05, 4.69) is 27.9 Å². The Morgan fingerprint density at radius 3 is 3.12 bits per heavy atom. The minimum Gasteiger partial charge on any atom is -0.368 e. The number of hydrogen-bond donors (Lipinski definition) is 2. The van der Waals surface area contributed by atoms with Gasteiger partial charge in [-0.1, -0.05) is 12.1 Å². The van der Waals surface area contributed by atoms with Gasteiger partial charge in [0.25, 0.3) is 0 Å². The van der Waals surface area contributed by atoms with Crippen LogP contribution in [0.5, 0.6) is 0 Å². The van der Waals surface area contributed by atoms with E-state index in [-0.39, 0.29) is 5.91 Å². The maximum Gasteiger partial charge on any atom is 0.221 e. The molecule has 2 N–H and O–H groups in total. The Morgan fingerprint density at radius 2 is 2.41 bits per heavy atom. The van der Waals surface area contributed by atoms with Crippen LogP contribution in [0, 0.1) is 0 Å². The third-order valence-corrected chi connectivity index (χ3v) is 2.65. The van der Waals surface area contributed by atoms with Gasteiger partial charge in [-0.05, 0) is 19.3 Å². The summed E-state index contributed by atoms with van der Waals surface area (Å²) >= 11 is 0. The van der Waals surface area contributed by atoms with Crippen molar-refractivity contribution in [2.75, 3.05) is 11.9 Å². The van der Waals surface area contributed by atoms with E-state index in [9.17, 15) is 4.79 Å². The van der Waals surface area contributed by atoms with Gasteiger partial charge in [0, 0.05) is 25.6 Å². The van der Waals surface area contributed by atoms with Gasteiger partial charge in [-0.25, -0.2) is 4.68 Å². The smallest absolute Gasteiger partial charge is 0.221 e. The van der Waals surface area contributed by atoms with Crippen molar-refractivity contribution in [3.8, 4) is 0 Å². The van der Waals surface area contributed by atoms with Gasteiger partial charge in [0.2, 0.25) is 5.91 Å². The second-order valence-electron chi connectivity index (χ2n) is 4.36. The van der Waals surface area contributed by atoms with Crippen molar-refractivity contribution in [3.05, 3.63) is 6.20 Å². The lowest BCUT2D eigenvalue weighted by Gasteiger charge is -2.07. The van der Waals surface area contributed by atoms with Crippen molar-refractivity contribution in [3.63, 3.8) is 0 Å². The molecule has 0 aliphatic heterocycles. The van der Waals surface area contributed by atoms with Crippen LogP contribution in [0.4, 0.5) is 5.82 Å². The van der Waals surface area contributed by atoms with Crippen LogP contribution in [-0.2, 0) is 11.3 Å². The minimum atomic E-state index is 0.120. The first kappa shape index (κ1) is 11.9. The normalized spacial score (nSPS) is 14.6. The molecule has 0 aromatic carbocycles. The van der Waals surface area contributed by atoms with Gasteiger partial charge in [0.05, 0.1) is 6.20 Å². The molecule has 0 spiro atoms. The fourth-order valence-corrected chi connectivity index (χ4v) is 1.60. The summed E-state index contributed by atoms with van der Waals surface area (Å²) < 4.78 is 1.82. The van der Waals surface area contributed by atoms with Gasteiger partial charge in [-0.15, -0.1) is 5.10 Å². The Balaban J connectivity index is 1.69. The van der Waals surface area contributed by atoms with Crippen molar-refractivity contribution in [1.29, 1.82) is 0 Å². The quantitative estimate of drug-likeness (QED) is 0.734. The van der Waals surface area contributed by atoms with E-state index >= 15 is 0 Å². The molecule has 1 aromatic heterocycles. The van der Waals surface area contributed by atoms with Gasteiger partial charge >= 0.3 is 0 Å². The van der Waals surface area contributed by atoms with Crippen molar-refractivity contribution >= 4 is 11.7 Å². The number of anilines is 1. The average Bonchev–Trinajstić information content (AvgIpc) is 3.00. The zero-order valence-corrected chi connectivity index (χ0v) is 10.1. The van der Waals surface area contributed by atoms with Crippen LogP contribution in [0.1, 0.15) is 32.6 Å². The number of carbonyl (C=O) groups excluding carboxylic acids is 1. The molecular weight excluding hydrogens is 218 g/mol. The summed E-state index contributed by atoms with van der Waals surface area (Å²) in [5.41, 5.74) is 0. The molecular formula is C11H19N5O. The largest absolute Gasteiger partial charge is 0.368 e. The average molecular weight is 237 g/mol. The summed E-state index contributed by atoms with van der Waals surface area (Å²) in [7, 11) is 0. The molecule has 1 heterocycles. The second-order valence-corrected chi connectivity index (χ2v) is 4.36. The lowest BCUT2D eigenvalue weighted by atomic mass is 10.4. The van der Waals surface area contributed by atoms with Crippen molar-refractivity contribution in [2.24, 2.45) is 0 Å². The highest BCUT2D eigenvalue weighted by Crippen LogP contribution is 2.18. The van der Waals surface area contributed by atoms with Crippen molar-refractivity contribution in [1.82, 2.24) is 20.3 Å². The number of aromatic nitrogens is 3. The lowest BCUT2D eigenvalue weighted by Crippen LogP contribution is -2.27. The molecule has 1 amide bonds. The highest BCUT2D eigenvalue weighted by molar-refractivity contribution is 5.77. The third kappa shape index (κ3) is 3.72. The van der Waals surface area contributed by atoms with E-state index in [0.29, 0.717) is 19.0 Å². The van der Waals surface area contributed by atoms with E-state index in [4.69, 9.17) is 0 Å². The van der Waals surface area contributed by atoms with Crippen LogP contribution in [0.15, 0.2) is 6.20 Å². The van der Waals surface area contributed by atoms with Gasteiger partial charge in [0.1, 0.15) is 5.82 Å². The number of nitrogens with zero attached hydrogens (tertiary/aromatic N) is 3. The Labute approximate surface area is 101 Å². The van der Waals surface area contributed by atoms with E-state index in [1.165, 1.54) is 0 Å². The summed E-state index contributed by atoms with van der Waals surface area (Å²) in [6.45, 7) is 3.56. The van der Waals surface area contributed by atoms with Crippen molar-refractivity contribution in [2.45, 2.75) is 45.2 Å². The van der Waals surface area contributed by atoms with Gasteiger partial charge < -0.3 is 10.6 Å². The maximum absolute atomic E-state index is 11.4. The van der Waals surface area contributed by atoms with Gasteiger partial charge in [0.15, 0.2) is 0 Å². The first-order valence-corrected chi connectivity index (χ1v) is 6.21. The molecule has 0 atom stereocenters. The number of aryl methyl sites for hydroxylation is 1. The Bertz CT molecular complexity index is 372. The van der Waals surface area contributed by atoms with Crippen LogP contribution in [-0.4, -0.2) is 33.5 Å². The SMILES string of the molecule is CCCn1nncc1NCCC(=O)NC1CC1. The molecule has 1 aliphatic rings. The van der Waals surface area contributed by atoms with E-state index < -0.39 is 0 Å².